The first-order chi connectivity index (χ1) is 10.2. The van der Waals surface area contributed by atoms with E-state index in [1.54, 1.807) is 6.33 Å². The van der Waals surface area contributed by atoms with E-state index in [1.165, 1.54) is 50.2 Å². The fourth-order valence-corrected chi connectivity index (χ4v) is 2.95. The molecule has 2 aliphatic rings. The number of aromatic nitrogens is 2. The molecule has 0 atom stereocenters. The van der Waals surface area contributed by atoms with Gasteiger partial charge in [-0.3, -0.25) is 0 Å². The second-order valence-electron chi connectivity index (χ2n) is 6.94. The molecule has 21 heavy (non-hydrogen) atoms. The zero-order chi connectivity index (χ0) is 14.8. The minimum atomic E-state index is 0.441. The van der Waals surface area contributed by atoms with Crippen molar-refractivity contribution in [1.29, 1.82) is 0 Å². The van der Waals surface area contributed by atoms with Gasteiger partial charge in [-0.15, -0.1) is 0 Å². The molecular formula is C17H28N4. The van der Waals surface area contributed by atoms with Gasteiger partial charge in [0.05, 0.1) is 0 Å². The molecular weight excluding hydrogens is 260 g/mol. The Morgan fingerprint density at radius 2 is 1.76 bits per heavy atom. The average Bonchev–Trinajstić information content (AvgIpc) is 3.33. The van der Waals surface area contributed by atoms with Crippen molar-refractivity contribution in [2.24, 2.45) is 11.8 Å². The Morgan fingerprint density at radius 1 is 1.14 bits per heavy atom. The van der Waals surface area contributed by atoms with Crippen molar-refractivity contribution >= 4 is 11.6 Å². The third-order valence-electron chi connectivity index (χ3n) is 4.44. The molecule has 2 fully saturated rings. The Balaban J connectivity index is 1.89. The highest BCUT2D eigenvalue weighted by molar-refractivity contribution is 5.60. The second kappa shape index (κ2) is 6.20. The van der Waals surface area contributed by atoms with Gasteiger partial charge < -0.3 is 10.2 Å². The molecule has 1 aromatic rings. The van der Waals surface area contributed by atoms with Crippen LogP contribution in [0.25, 0.3) is 0 Å². The van der Waals surface area contributed by atoms with E-state index in [1.807, 2.05) is 0 Å². The van der Waals surface area contributed by atoms with Crippen LogP contribution in [0.4, 0.5) is 11.6 Å². The zero-order valence-electron chi connectivity index (χ0n) is 13.6. The molecule has 2 aliphatic carbocycles. The van der Waals surface area contributed by atoms with Gasteiger partial charge in [-0.05, 0) is 50.4 Å². The molecule has 4 heteroatoms. The molecule has 4 nitrogen and oxygen atoms in total. The fraction of sp³-hybridized carbons (Fsp3) is 0.765. The topological polar surface area (TPSA) is 41.1 Å². The highest BCUT2D eigenvalue weighted by Crippen LogP contribution is 2.38. The summed E-state index contributed by atoms with van der Waals surface area (Å²) in [4.78, 5) is 11.7. The molecule has 3 rings (SSSR count). The maximum Gasteiger partial charge on any atom is 0.137 e. The summed E-state index contributed by atoms with van der Waals surface area (Å²) in [6, 6.07) is 0. The lowest BCUT2D eigenvalue weighted by atomic mass is 10.0. The highest BCUT2D eigenvalue weighted by Gasteiger charge is 2.31. The van der Waals surface area contributed by atoms with Crippen LogP contribution in [0.15, 0.2) is 6.33 Å². The van der Waals surface area contributed by atoms with Crippen LogP contribution in [0.2, 0.25) is 0 Å². The Kier molecular flexibility index (Phi) is 4.32. The first-order valence-corrected chi connectivity index (χ1v) is 8.52. The molecule has 0 amide bonds. The Hall–Kier alpha value is -1.32. The molecule has 0 radical (unpaired) electrons. The van der Waals surface area contributed by atoms with Gasteiger partial charge in [0.1, 0.15) is 18.0 Å². The van der Waals surface area contributed by atoms with Gasteiger partial charge >= 0.3 is 0 Å². The van der Waals surface area contributed by atoms with Crippen molar-refractivity contribution in [3.05, 3.63) is 11.9 Å². The van der Waals surface area contributed by atoms with Crippen LogP contribution in [0.1, 0.15) is 57.9 Å². The maximum atomic E-state index is 4.68. The van der Waals surface area contributed by atoms with E-state index in [4.69, 9.17) is 0 Å². The van der Waals surface area contributed by atoms with Crippen molar-refractivity contribution in [2.45, 2.75) is 52.4 Å². The molecule has 0 aliphatic heterocycles. The predicted octanol–water partition coefficient (Wildman–Crippen LogP) is 3.66. The Labute approximate surface area is 128 Å². The lowest BCUT2D eigenvalue weighted by Crippen LogP contribution is -2.30. The number of hydrogen-bond acceptors (Lipinski definition) is 4. The van der Waals surface area contributed by atoms with Crippen molar-refractivity contribution in [3.63, 3.8) is 0 Å². The SMILES string of the molecule is CCNc1ncnc(N(CC2CC2)CC2CC2)c1C(C)C. The van der Waals surface area contributed by atoms with Crippen LogP contribution >= 0.6 is 0 Å². The summed E-state index contributed by atoms with van der Waals surface area (Å²) in [5, 5.41) is 3.41. The van der Waals surface area contributed by atoms with Crippen LogP contribution in [0, 0.1) is 11.8 Å². The smallest absolute Gasteiger partial charge is 0.137 e. The normalized spacial score (nSPS) is 18.1. The molecule has 1 N–H and O–H groups in total. The quantitative estimate of drug-likeness (QED) is 0.792. The Morgan fingerprint density at radius 3 is 2.24 bits per heavy atom. The van der Waals surface area contributed by atoms with E-state index in [9.17, 15) is 0 Å². The van der Waals surface area contributed by atoms with Crippen LogP contribution in [-0.4, -0.2) is 29.6 Å². The van der Waals surface area contributed by atoms with E-state index in [-0.39, 0.29) is 0 Å². The molecule has 0 unspecified atom stereocenters. The van der Waals surface area contributed by atoms with Gasteiger partial charge in [0.25, 0.3) is 0 Å². The monoisotopic (exact) mass is 288 g/mol. The van der Waals surface area contributed by atoms with Gasteiger partial charge in [0.15, 0.2) is 0 Å². The van der Waals surface area contributed by atoms with E-state index < -0.39 is 0 Å². The van der Waals surface area contributed by atoms with Crippen LogP contribution in [-0.2, 0) is 0 Å². The predicted molar refractivity (Wildman–Crippen MR) is 87.9 cm³/mol. The van der Waals surface area contributed by atoms with E-state index in [0.29, 0.717) is 5.92 Å². The summed E-state index contributed by atoms with van der Waals surface area (Å²) in [5.41, 5.74) is 1.29. The van der Waals surface area contributed by atoms with Gasteiger partial charge in [0, 0.05) is 25.2 Å². The average molecular weight is 288 g/mol. The highest BCUT2D eigenvalue weighted by atomic mass is 15.2. The number of nitrogens with one attached hydrogen (secondary N) is 1. The lowest BCUT2D eigenvalue weighted by molar-refractivity contribution is 0.662. The van der Waals surface area contributed by atoms with Crippen molar-refractivity contribution in [1.82, 2.24) is 9.97 Å². The molecule has 0 spiro atoms. The zero-order valence-corrected chi connectivity index (χ0v) is 13.6. The maximum absolute atomic E-state index is 4.68. The van der Waals surface area contributed by atoms with Crippen molar-refractivity contribution in [2.75, 3.05) is 29.9 Å². The standard InChI is InChI=1S/C17H28N4/c1-4-18-16-15(12(2)3)17(20-11-19-16)21(9-13-5-6-13)10-14-7-8-14/h11-14H,4-10H2,1-3H3,(H,18,19,20). The number of nitrogens with zero attached hydrogens (tertiary/aromatic N) is 3. The van der Waals surface area contributed by atoms with Crippen LogP contribution in [0.3, 0.4) is 0 Å². The number of rotatable bonds is 8. The first kappa shape index (κ1) is 14.6. The minimum absolute atomic E-state index is 0.441. The molecule has 0 saturated heterocycles. The van der Waals surface area contributed by atoms with E-state index >= 15 is 0 Å². The summed E-state index contributed by atoms with van der Waals surface area (Å²) in [5.74, 6) is 4.42. The largest absolute Gasteiger partial charge is 0.370 e. The Bertz CT molecular complexity index is 464. The fourth-order valence-electron chi connectivity index (χ4n) is 2.95. The van der Waals surface area contributed by atoms with Crippen LogP contribution < -0.4 is 10.2 Å². The van der Waals surface area contributed by atoms with Crippen molar-refractivity contribution < 1.29 is 0 Å². The van der Waals surface area contributed by atoms with Gasteiger partial charge in [-0.25, -0.2) is 9.97 Å². The first-order valence-electron chi connectivity index (χ1n) is 8.52. The minimum Gasteiger partial charge on any atom is -0.370 e. The molecule has 0 bridgehead atoms. The lowest BCUT2D eigenvalue weighted by Gasteiger charge is -2.28. The van der Waals surface area contributed by atoms with Crippen molar-refractivity contribution in [3.8, 4) is 0 Å². The molecule has 1 aromatic heterocycles. The second-order valence-corrected chi connectivity index (χ2v) is 6.94. The van der Waals surface area contributed by atoms with Crippen LogP contribution in [0.5, 0.6) is 0 Å². The van der Waals surface area contributed by atoms with Gasteiger partial charge in [0.2, 0.25) is 0 Å². The third-order valence-corrected chi connectivity index (χ3v) is 4.44. The summed E-state index contributed by atoms with van der Waals surface area (Å²) < 4.78 is 0. The van der Waals surface area contributed by atoms with Gasteiger partial charge in [-0.2, -0.15) is 0 Å². The van der Waals surface area contributed by atoms with E-state index in [2.05, 4.69) is 41.0 Å². The van der Waals surface area contributed by atoms with Gasteiger partial charge in [-0.1, -0.05) is 13.8 Å². The molecule has 2 saturated carbocycles. The third kappa shape index (κ3) is 3.66. The summed E-state index contributed by atoms with van der Waals surface area (Å²) in [6.07, 6.45) is 7.30. The summed E-state index contributed by atoms with van der Waals surface area (Å²) in [7, 11) is 0. The number of hydrogen-bond donors (Lipinski definition) is 1. The molecule has 116 valence electrons. The molecule has 1 heterocycles. The molecule has 0 aromatic carbocycles. The van der Waals surface area contributed by atoms with E-state index in [0.717, 1.165) is 24.2 Å². The summed E-state index contributed by atoms with van der Waals surface area (Å²) >= 11 is 0. The summed E-state index contributed by atoms with van der Waals surface area (Å²) in [6.45, 7) is 9.88. The number of anilines is 2.